The first-order valence-electron chi connectivity index (χ1n) is 14.4. The highest BCUT2D eigenvalue weighted by atomic mass is 16.6. The quantitative estimate of drug-likeness (QED) is 0.0812. The van der Waals surface area contributed by atoms with Gasteiger partial charge in [-0.05, 0) is 37.0 Å². The van der Waals surface area contributed by atoms with E-state index in [0.29, 0.717) is 5.56 Å². The molecule has 0 aliphatic heterocycles. The van der Waals surface area contributed by atoms with Crippen LogP contribution in [-0.2, 0) is 30.4 Å². The Balaban J connectivity index is 2.36. The average molecular weight is 660 g/mol. The van der Waals surface area contributed by atoms with Crippen molar-refractivity contribution in [3.05, 3.63) is 69.8 Å². The Morgan fingerprint density at radius 2 is 1.43 bits per heavy atom. The largest absolute Gasteiger partial charge is 0.481 e. The molecule has 8 N–H and O–H groups in total. The summed E-state index contributed by atoms with van der Waals surface area (Å²) >= 11 is 0. The van der Waals surface area contributed by atoms with Crippen molar-refractivity contribution in [2.45, 2.75) is 70.3 Å². The second kappa shape index (κ2) is 17.2. The lowest BCUT2D eigenvalue weighted by molar-refractivity contribution is -0.385. The summed E-state index contributed by atoms with van der Waals surface area (Å²) in [6.07, 6.45) is -2.59. The van der Waals surface area contributed by atoms with Gasteiger partial charge >= 0.3 is 17.9 Å². The van der Waals surface area contributed by atoms with Crippen molar-refractivity contribution in [1.82, 2.24) is 16.0 Å². The minimum Gasteiger partial charge on any atom is -0.481 e. The van der Waals surface area contributed by atoms with Gasteiger partial charge in [0, 0.05) is 18.2 Å². The number of aliphatic hydroxyl groups excluding tert-OH is 1. The minimum absolute atomic E-state index is 0.0425. The molecule has 47 heavy (non-hydrogen) atoms. The van der Waals surface area contributed by atoms with Crippen LogP contribution in [0.3, 0.4) is 0 Å². The van der Waals surface area contributed by atoms with Gasteiger partial charge in [0.25, 0.3) is 11.6 Å². The molecule has 0 spiro atoms. The number of carbonyl (C=O) groups is 6. The SMILES string of the molecule is CC(C)CC(NC(=O)c1cc(NC(Cc2ccccc2)C(=O)O)ccc1[N+](=O)[O-])C(=O)NC(CC(=O)O)C(=O)NC(C(=O)O)C(C)O. The van der Waals surface area contributed by atoms with Gasteiger partial charge in [-0.3, -0.25) is 29.3 Å². The summed E-state index contributed by atoms with van der Waals surface area (Å²) in [6, 6.07) is 5.63. The fraction of sp³-hybridized carbons (Fsp3) is 0.400. The minimum atomic E-state index is -1.83. The maximum Gasteiger partial charge on any atom is 0.328 e. The van der Waals surface area contributed by atoms with Crippen molar-refractivity contribution in [2.75, 3.05) is 5.32 Å². The zero-order valence-corrected chi connectivity index (χ0v) is 25.7. The van der Waals surface area contributed by atoms with Gasteiger partial charge in [-0.1, -0.05) is 44.2 Å². The predicted octanol–water partition coefficient (Wildman–Crippen LogP) is 0.757. The average Bonchev–Trinajstić information content (AvgIpc) is 2.98. The number of nitro benzene ring substituents is 1. The zero-order valence-electron chi connectivity index (χ0n) is 25.7. The molecule has 0 heterocycles. The summed E-state index contributed by atoms with van der Waals surface area (Å²) in [5.41, 5.74) is -0.439. The number of nitro groups is 1. The number of hydrogen-bond acceptors (Lipinski definition) is 10. The van der Waals surface area contributed by atoms with Gasteiger partial charge in [0.15, 0.2) is 6.04 Å². The smallest absolute Gasteiger partial charge is 0.328 e. The monoisotopic (exact) mass is 659 g/mol. The number of amides is 3. The first-order chi connectivity index (χ1) is 22.0. The molecule has 2 aromatic rings. The van der Waals surface area contributed by atoms with E-state index < -0.39 is 88.5 Å². The number of benzene rings is 2. The fourth-order valence-corrected chi connectivity index (χ4v) is 4.46. The molecule has 0 radical (unpaired) electrons. The van der Waals surface area contributed by atoms with Crippen molar-refractivity contribution in [1.29, 1.82) is 0 Å². The van der Waals surface area contributed by atoms with Crippen LogP contribution in [0.1, 0.15) is 49.5 Å². The van der Waals surface area contributed by atoms with Gasteiger partial charge in [0.2, 0.25) is 11.8 Å². The summed E-state index contributed by atoms with van der Waals surface area (Å²) in [4.78, 5) is 85.2. The van der Waals surface area contributed by atoms with Crippen LogP contribution in [0.4, 0.5) is 11.4 Å². The van der Waals surface area contributed by atoms with Crippen LogP contribution < -0.4 is 21.3 Å². The Bertz CT molecular complexity index is 1480. The van der Waals surface area contributed by atoms with E-state index in [0.717, 1.165) is 19.1 Å². The first kappa shape index (κ1) is 37.6. The molecule has 17 heteroatoms. The lowest BCUT2D eigenvalue weighted by Gasteiger charge is -2.25. The van der Waals surface area contributed by atoms with Gasteiger partial charge in [-0.15, -0.1) is 0 Å². The lowest BCUT2D eigenvalue weighted by atomic mass is 10.0. The van der Waals surface area contributed by atoms with Crippen LogP contribution in [0.2, 0.25) is 0 Å². The highest BCUT2D eigenvalue weighted by Gasteiger charge is 2.34. The highest BCUT2D eigenvalue weighted by Crippen LogP contribution is 2.24. The fourth-order valence-electron chi connectivity index (χ4n) is 4.46. The molecular weight excluding hydrogens is 622 g/mol. The van der Waals surface area contributed by atoms with Crippen LogP contribution in [0.25, 0.3) is 0 Å². The van der Waals surface area contributed by atoms with Gasteiger partial charge < -0.3 is 41.7 Å². The third kappa shape index (κ3) is 11.7. The first-order valence-corrected chi connectivity index (χ1v) is 14.4. The van der Waals surface area contributed by atoms with Gasteiger partial charge in [0.1, 0.15) is 23.7 Å². The standard InChI is InChI=1S/C30H37N5O12/c1-15(2)11-20(27(40)33-21(14-24(37)38)28(41)34-25(16(3)36)30(44)45)32-26(39)19-13-18(9-10-23(19)35(46)47)31-22(29(42)43)12-17-7-5-4-6-8-17/h4-10,13,15-16,20-22,25,31,36H,11-12,14H2,1-3H3,(H,32,39)(H,33,40)(H,34,41)(H,37,38)(H,42,43)(H,44,45). The second-order valence-electron chi connectivity index (χ2n) is 11.1. The molecular formula is C30H37N5O12. The van der Waals surface area contributed by atoms with E-state index in [9.17, 15) is 59.3 Å². The van der Waals surface area contributed by atoms with E-state index in [-0.39, 0.29) is 24.4 Å². The maximum atomic E-state index is 13.4. The van der Waals surface area contributed by atoms with Crippen molar-refractivity contribution in [3.8, 4) is 0 Å². The van der Waals surface area contributed by atoms with E-state index in [1.54, 1.807) is 44.2 Å². The number of carboxylic acid groups (broad SMARTS) is 3. The Hall–Kier alpha value is -5.58. The number of carbonyl (C=O) groups excluding carboxylic acids is 3. The number of rotatable bonds is 18. The molecule has 0 aliphatic rings. The number of anilines is 1. The normalized spacial score (nSPS) is 14.1. The molecule has 0 aromatic heterocycles. The maximum absolute atomic E-state index is 13.4. The summed E-state index contributed by atoms with van der Waals surface area (Å²) in [5.74, 6) is -8.05. The van der Waals surface area contributed by atoms with Crippen molar-refractivity contribution in [2.24, 2.45) is 5.92 Å². The predicted molar refractivity (Wildman–Crippen MR) is 164 cm³/mol. The van der Waals surface area contributed by atoms with Crippen molar-refractivity contribution in [3.63, 3.8) is 0 Å². The summed E-state index contributed by atoms with van der Waals surface area (Å²) in [5, 5.41) is 59.0. The van der Waals surface area contributed by atoms with Crippen LogP contribution >= 0.6 is 0 Å². The number of nitrogens with zero attached hydrogens (tertiary/aromatic N) is 1. The van der Waals surface area contributed by atoms with Crippen LogP contribution in [0.15, 0.2) is 48.5 Å². The number of aliphatic hydroxyl groups is 1. The van der Waals surface area contributed by atoms with Crippen molar-refractivity contribution < 1.29 is 54.1 Å². The van der Waals surface area contributed by atoms with Gasteiger partial charge in [-0.25, -0.2) is 9.59 Å². The van der Waals surface area contributed by atoms with Gasteiger partial charge in [-0.2, -0.15) is 0 Å². The van der Waals surface area contributed by atoms with E-state index in [4.69, 9.17) is 0 Å². The molecule has 0 saturated carbocycles. The summed E-state index contributed by atoms with van der Waals surface area (Å²) < 4.78 is 0. The number of carboxylic acids is 3. The molecule has 0 saturated heterocycles. The number of aliphatic carboxylic acids is 3. The molecule has 3 amide bonds. The molecule has 254 valence electrons. The number of hydrogen-bond donors (Lipinski definition) is 8. The topological polar surface area (TPSA) is 275 Å². The Kier molecular flexibility index (Phi) is 13.8. The highest BCUT2D eigenvalue weighted by molar-refractivity contribution is 6.02. The summed E-state index contributed by atoms with van der Waals surface area (Å²) in [6.45, 7) is 4.44. The van der Waals surface area contributed by atoms with E-state index in [2.05, 4.69) is 16.0 Å². The second-order valence-corrected chi connectivity index (χ2v) is 11.1. The molecule has 0 bridgehead atoms. The molecule has 2 rings (SSSR count). The molecule has 0 aliphatic carbocycles. The Morgan fingerprint density at radius 3 is 1.94 bits per heavy atom. The van der Waals surface area contributed by atoms with Crippen LogP contribution in [0, 0.1) is 16.0 Å². The number of nitrogens with one attached hydrogen (secondary N) is 4. The molecule has 17 nitrogen and oxygen atoms in total. The van der Waals surface area contributed by atoms with E-state index in [1.807, 2.05) is 5.32 Å². The molecule has 5 unspecified atom stereocenters. The van der Waals surface area contributed by atoms with Crippen LogP contribution in [0.5, 0.6) is 0 Å². The third-order valence-electron chi connectivity index (χ3n) is 6.75. The molecule has 5 atom stereocenters. The Morgan fingerprint density at radius 1 is 0.809 bits per heavy atom. The van der Waals surface area contributed by atoms with Crippen LogP contribution in [-0.4, -0.2) is 91.3 Å². The third-order valence-corrected chi connectivity index (χ3v) is 6.75. The molecule has 2 aromatic carbocycles. The summed E-state index contributed by atoms with van der Waals surface area (Å²) in [7, 11) is 0. The van der Waals surface area contributed by atoms with E-state index in [1.165, 1.54) is 6.07 Å². The Labute approximate surface area is 268 Å². The van der Waals surface area contributed by atoms with Crippen molar-refractivity contribution >= 4 is 47.0 Å². The van der Waals surface area contributed by atoms with E-state index >= 15 is 0 Å². The lowest BCUT2D eigenvalue weighted by Crippen LogP contribution is -2.58. The molecule has 0 fully saturated rings. The van der Waals surface area contributed by atoms with Gasteiger partial charge in [0.05, 0.1) is 17.4 Å². The zero-order chi connectivity index (χ0) is 35.4.